The molecule has 0 saturated heterocycles. The van der Waals surface area contributed by atoms with Crippen LogP contribution in [0.1, 0.15) is 35.6 Å². The smallest absolute Gasteiger partial charge is 0.321 e. The van der Waals surface area contributed by atoms with Gasteiger partial charge in [0, 0.05) is 18.8 Å². The van der Waals surface area contributed by atoms with Crippen molar-refractivity contribution in [3.63, 3.8) is 0 Å². The van der Waals surface area contributed by atoms with Gasteiger partial charge >= 0.3 is 6.03 Å². The van der Waals surface area contributed by atoms with Crippen molar-refractivity contribution in [3.05, 3.63) is 59.2 Å². The SMILES string of the molecule is Cc1ccccc1[C@H]1CN(S(=O)(=O)c2ccc3c(c2)CCN3C(=O)NCC2CC2)C(N)=N1. The Morgan fingerprint density at radius 1 is 1.22 bits per heavy atom. The number of benzene rings is 2. The third-order valence-electron chi connectivity index (χ3n) is 6.45. The maximum Gasteiger partial charge on any atom is 0.321 e. The third kappa shape index (κ3) is 3.70. The van der Waals surface area contributed by atoms with Crippen LogP contribution in [0.4, 0.5) is 10.5 Å². The summed E-state index contributed by atoms with van der Waals surface area (Å²) < 4.78 is 27.9. The lowest BCUT2D eigenvalue weighted by atomic mass is 10.0. The van der Waals surface area contributed by atoms with Gasteiger partial charge in [-0.3, -0.25) is 4.90 Å². The molecule has 2 aromatic rings. The van der Waals surface area contributed by atoms with Crippen LogP contribution in [0, 0.1) is 12.8 Å². The minimum atomic E-state index is -3.86. The number of anilines is 1. The zero-order valence-electron chi connectivity index (χ0n) is 18.0. The molecule has 1 atom stereocenters. The molecule has 32 heavy (non-hydrogen) atoms. The van der Waals surface area contributed by atoms with E-state index in [1.165, 1.54) is 17.1 Å². The first-order chi connectivity index (χ1) is 15.3. The molecule has 2 aromatic carbocycles. The lowest BCUT2D eigenvalue weighted by Crippen LogP contribution is -2.40. The van der Waals surface area contributed by atoms with Crippen molar-refractivity contribution in [2.75, 3.05) is 24.5 Å². The lowest BCUT2D eigenvalue weighted by molar-refractivity contribution is 0.246. The van der Waals surface area contributed by atoms with Gasteiger partial charge in [0.1, 0.15) is 0 Å². The normalized spacial score (nSPS) is 20.3. The average Bonchev–Trinajstić information content (AvgIpc) is 3.37. The molecule has 2 aliphatic heterocycles. The molecule has 3 aliphatic rings. The van der Waals surface area contributed by atoms with Crippen LogP contribution in [-0.4, -0.2) is 44.3 Å². The second kappa shape index (κ2) is 7.81. The van der Waals surface area contributed by atoms with E-state index in [1.807, 2.05) is 31.2 Å². The minimum absolute atomic E-state index is 0.000156. The van der Waals surface area contributed by atoms with Crippen LogP contribution < -0.4 is 16.0 Å². The van der Waals surface area contributed by atoms with E-state index in [2.05, 4.69) is 10.3 Å². The number of nitrogens with one attached hydrogen (secondary N) is 1. The highest BCUT2D eigenvalue weighted by Crippen LogP contribution is 2.34. The molecule has 8 nitrogen and oxygen atoms in total. The number of sulfonamides is 1. The predicted octanol–water partition coefficient (Wildman–Crippen LogP) is 2.54. The molecule has 0 radical (unpaired) electrons. The number of carbonyl (C=O) groups is 1. The molecule has 1 fully saturated rings. The maximum atomic E-state index is 13.4. The number of fused-ring (bicyclic) bond motifs is 1. The van der Waals surface area contributed by atoms with E-state index in [9.17, 15) is 13.2 Å². The Bertz CT molecular complexity index is 1210. The Hall–Kier alpha value is -3.07. The fraction of sp³-hybridized carbons (Fsp3) is 0.391. The number of aliphatic imine (C=N–C) groups is 1. The van der Waals surface area contributed by atoms with Gasteiger partial charge in [0.2, 0.25) is 5.96 Å². The molecule has 0 spiro atoms. The zero-order chi connectivity index (χ0) is 22.5. The van der Waals surface area contributed by atoms with E-state index >= 15 is 0 Å². The van der Waals surface area contributed by atoms with Gasteiger partial charge in [0.15, 0.2) is 0 Å². The van der Waals surface area contributed by atoms with Gasteiger partial charge in [0.05, 0.1) is 17.5 Å². The quantitative estimate of drug-likeness (QED) is 0.725. The van der Waals surface area contributed by atoms with Crippen molar-refractivity contribution in [2.24, 2.45) is 16.6 Å². The number of carbonyl (C=O) groups excluding carboxylic acids is 1. The molecule has 0 aromatic heterocycles. The van der Waals surface area contributed by atoms with Gasteiger partial charge in [-0.15, -0.1) is 0 Å². The molecular formula is C23H27N5O3S. The third-order valence-corrected chi connectivity index (χ3v) is 8.21. The second-order valence-corrected chi connectivity index (χ2v) is 10.6. The van der Waals surface area contributed by atoms with Crippen molar-refractivity contribution < 1.29 is 13.2 Å². The van der Waals surface area contributed by atoms with Gasteiger partial charge < -0.3 is 11.1 Å². The summed E-state index contributed by atoms with van der Waals surface area (Å²) in [4.78, 5) is 18.8. The Labute approximate surface area is 188 Å². The van der Waals surface area contributed by atoms with Gasteiger partial charge in [-0.2, -0.15) is 0 Å². The molecule has 0 unspecified atom stereocenters. The number of hydrogen-bond acceptors (Lipinski definition) is 5. The number of nitrogens with two attached hydrogens (primary N) is 1. The summed E-state index contributed by atoms with van der Waals surface area (Å²) in [5.41, 5.74) is 9.68. The predicted molar refractivity (Wildman–Crippen MR) is 123 cm³/mol. The van der Waals surface area contributed by atoms with Gasteiger partial charge in [-0.25, -0.2) is 22.5 Å². The van der Waals surface area contributed by atoms with Crippen molar-refractivity contribution in [1.29, 1.82) is 0 Å². The van der Waals surface area contributed by atoms with Crippen LogP contribution in [0.2, 0.25) is 0 Å². The van der Waals surface area contributed by atoms with E-state index in [-0.39, 0.29) is 29.5 Å². The summed E-state index contributed by atoms with van der Waals surface area (Å²) in [6, 6.07) is 12.3. The molecule has 0 bridgehead atoms. The second-order valence-electron chi connectivity index (χ2n) is 8.72. The van der Waals surface area contributed by atoms with Crippen molar-refractivity contribution >= 4 is 27.7 Å². The topological polar surface area (TPSA) is 108 Å². The van der Waals surface area contributed by atoms with Crippen LogP contribution in [0.25, 0.3) is 0 Å². The number of nitrogens with zero attached hydrogens (tertiary/aromatic N) is 3. The van der Waals surface area contributed by atoms with Crippen LogP contribution in [0.3, 0.4) is 0 Å². The monoisotopic (exact) mass is 453 g/mol. The van der Waals surface area contributed by atoms with E-state index < -0.39 is 10.0 Å². The first kappa shape index (κ1) is 20.8. The van der Waals surface area contributed by atoms with E-state index in [0.29, 0.717) is 25.4 Å². The van der Waals surface area contributed by atoms with Crippen molar-refractivity contribution in [2.45, 2.75) is 37.1 Å². The van der Waals surface area contributed by atoms with Crippen molar-refractivity contribution in [1.82, 2.24) is 9.62 Å². The number of rotatable bonds is 5. The van der Waals surface area contributed by atoms with Gasteiger partial charge in [-0.05, 0) is 67.0 Å². The van der Waals surface area contributed by atoms with E-state index in [1.54, 1.807) is 23.1 Å². The van der Waals surface area contributed by atoms with Gasteiger partial charge in [-0.1, -0.05) is 24.3 Å². The van der Waals surface area contributed by atoms with Gasteiger partial charge in [0.25, 0.3) is 10.0 Å². The highest BCUT2D eigenvalue weighted by Gasteiger charge is 2.36. The number of aryl methyl sites for hydroxylation is 1. The summed E-state index contributed by atoms with van der Waals surface area (Å²) >= 11 is 0. The molecule has 5 rings (SSSR count). The Balaban J connectivity index is 1.35. The summed E-state index contributed by atoms with van der Waals surface area (Å²) in [5, 5.41) is 2.98. The molecule has 2 heterocycles. The summed E-state index contributed by atoms with van der Waals surface area (Å²) in [7, 11) is -3.86. The lowest BCUT2D eigenvalue weighted by Gasteiger charge is -2.21. The number of guanidine groups is 1. The first-order valence-electron chi connectivity index (χ1n) is 10.9. The fourth-order valence-electron chi connectivity index (χ4n) is 4.39. The zero-order valence-corrected chi connectivity index (χ0v) is 18.8. The number of urea groups is 1. The van der Waals surface area contributed by atoms with E-state index in [0.717, 1.165) is 22.4 Å². The highest BCUT2D eigenvalue weighted by atomic mass is 32.2. The first-order valence-corrected chi connectivity index (χ1v) is 12.4. The molecule has 2 amide bonds. The fourth-order valence-corrected chi connectivity index (χ4v) is 5.81. The molecule has 168 valence electrons. The van der Waals surface area contributed by atoms with Crippen molar-refractivity contribution in [3.8, 4) is 0 Å². The van der Waals surface area contributed by atoms with E-state index in [4.69, 9.17) is 5.73 Å². The Morgan fingerprint density at radius 2 is 2.00 bits per heavy atom. The maximum absolute atomic E-state index is 13.4. The van der Waals surface area contributed by atoms with Crippen LogP contribution in [0.15, 0.2) is 52.4 Å². The largest absolute Gasteiger partial charge is 0.369 e. The molecular weight excluding hydrogens is 426 g/mol. The Morgan fingerprint density at radius 3 is 2.75 bits per heavy atom. The number of amides is 2. The highest BCUT2D eigenvalue weighted by molar-refractivity contribution is 7.89. The number of hydrogen-bond donors (Lipinski definition) is 2. The molecule has 1 aliphatic carbocycles. The molecule has 1 saturated carbocycles. The molecule has 3 N–H and O–H groups in total. The summed E-state index contributed by atoms with van der Waals surface area (Å²) in [6.45, 7) is 3.39. The van der Waals surface area contributed by atoms with Crippen LogP contribution in [0.5, 0.6) is 0 Å². The average molecular weight is 454 g/mol. The summed E-state index contributed by atoms with van der Waals surface area (Å²) in [5.74, 6) is 0.601. The summed E-state index contributed by atoms with van der Waals surface area (Å²) in [6.07, 6.45) is 2.96. The Kier molecular flexibility index (Phi) is 5.08. The van der Waals surface area contributed by atoms with Crippen LogP contribution >= 0.6 is 0 Å². The van der Waals surface area contributed by atoms with Crippen LogP contribution in [-0.2, 0) is 16.4 Å². The molecule has 9 heteroatoms. The minimum Gasteiger partial charge on any atom is -0.369 e. The standard InChI is InChI=1S/C23H27N5O3S/c1-15-4-2-3-5-19(15)20-14-28(22(24)26-20)32(30,31)18-8-9-21-17(12-18)10-11-27(21)23(29)25-13-16-6-7-16/h2-5,8-9,12,16,20H,6-7,10-11,13-14H2,1H3,(H2,24,26)(H,25,29)/t20-/m1/s1.